The Hall–Kier alpha value is -2.59. The molecule has 47 heavy (non-hydrogen) atoms. The van der Waals surface area contributed by atoms with Crippen LogP contribution in [0.5, 0.6) is 5.75 Å². The van der Waals surface area contributed by atoms with Crippen LogP contribution in [0.25, 0.3) is 0 Å². The summed E-state index contributed by atoms with van der Waals surface area (Å²) in [7, 11) is -0.633. The molecule has 2 bridgehead atoms. The summed E-state index contributed by atoms with van der Waals surface area (Å²) in [4.78, 5) is 16.0. The number of nitrogens with one attached hydrogen (secondary N) is 1. The van der Waals surface area contributed by atoms with Crippen LogP contribution >= 0.6 is 11.6 Å². The summed E-state index contributed by atoms with van der Waals surface area (Å²) in [5.41, 5.74) is 3.47. The number of fused-ring (bicyclic) bond motifs is 4. The largest absolute Gasteiger partial charge is 0.495 e. The van der Waals surface area contributed by atoms with Crippen LogP contribution in [0.15, 0.2) is 48.6 Å². The summed E-state index contributed by atoms with van der Waals surface area (Å²) < 4.78 is 47.2. The molecule has 2 aromatic carbocycles. The number of rotatable bonds is 8. The zero-order valence-corrected chi connectivity index (χ0v) is 30.0. The van der Waals surface area contributed by atoms with Crippen molar-refractivity contribution in [3.63, 3.8) is 0 Å². The van der Waals surface area contributed by atoms with Gasteiger partial charge in [0.15, 0.2) is 0 Å². The van der Waals surface area contributed by atoms with E-state index in [0.717, 1.165) is 49.4 Å². The fourth-order valence-electron chi connectivity index (χ4n) is 7.97. The molecule has 0 aromatic heterocycles. The van der Waals surface area contributed by atoms with Crippen molar-refractivity contribution in [2.45, 2.75) is 82.5 Å². The zero-order chi connectivity index (χ0) is 33.8. The highest BCUT2D eigenvalue weighted by atomic mass is 35.5. The topological polar surface area (TPSA) is 94.2 Å². The molecule has 5 rings (SSSR count). The van der Waals surface area contributed by atoms with Gasteiger partial charge in [0.2, 0.25) is 10.0 Å². The molecule has 1 amide bonds. The molecule has 6 atom stereocenters. The third-order valence-corrected chi connectivity index (χ3v) is 13.0. The molecular formula is C37H51ClN2O6S. The van der Waals surface area contributed by atoms with Crippen molar-refractivity contribution in [1.29, 1.82) is 0 Å². The van der Waals surface area contributed by atoms with E-state index in [1.54, 1.807) is 32.4 Å². The first kappa shape index (κ1) is 35.7. The Morgan fingerprint density at radius 2 is 1.91 bits per heavy atom. The number of aryl methyl sites for hydroxylation is 1. The van der Waals surface area contributed by atoms with Crippen molar-refractivity contribution in [2.24, 2.45) is 17.8 Å². The van der Waals surface area contributed by atoms with Crippen molar-refractivity contribution < 1.29 is 27.4 Å². The van der Waals surface area contributed by atoms with E-state index in [0.29, 0.717) is 50.2 Å². The van der Waals surface area contributed by atoms with Crippen LogP contribution in [0, 0.1) is 17.8 Å². The number of halogens is 1. The van der Waals surface area contributed by atoms with Gasteiger partial charge < -0.3 is 19.1 Å². The van der Waals surface area contributed by atoms with Gasteiger partial charge in [-0.3, -0.25) is 4.79 Å². The molecule has 1 fully saturated rings. The van der Waals surface area contributed by atoms with E-state index in [-0.39, 0.29) is 23.0 Å². The maximum absolute atomic E-state index is 13.6. The number of ether oxygens (including phenoxy) is 3. The van der Waals surface area contributed by atoms with Gasteiger partial charge in [0.25, 0.3) is 5.91 Å². The van der Waals surface area contributed by atoms with E-state index in [4.69, 9.17) is 25.8 Å². The van der Waals surface area contributed by atoms with Crippen LogP contribution in [0.1, 0.15) is 80.8 Å². The SMILES string of the molecule is CC[C@H]1[C@H](C)C/C=C/[C@H](OCCOC)[C@@H]2CC[C@H]2CN(C[C@]2(C)CCCc3cc(Cl)ccc32)c2cc(ccc2OC)C(=O)NS1(=O)=O. The van der Waals surface area contributed by atoms with Crippen LogP contribution < -0.4 is 14.4 Å². The molecule has 0 saturated heterocycles. The minimum Gasteiger partial charge on any atom is -0.495 e. The summed E-state index contributed by atoms with van der Waals surface area (Å²) in [6.45, 7) is 8.53. The minimum absolute atomic E-state index is 0.108. The van der Waals surface area contributed by atoms with Gasteiger partial charge >= 0.3 is 0 Å². The molecule has 1 aliphatic heterocycles. The lowest BCUT2D eigenvalue weighted by Gasteiger charge is -2.47. The van der Waals surface area contributed by atoms with Crippen LogP contribution in [0.4, 0.5) is 5.69 Å². The van der Waals surface area contributed by atoms with Gasteiger partial charge in [0, 0.05) is 36.2 Å². The van der Waals surface area contributed by atoms with E-state index < -0.39 is 21.2 Å². The summed E-state index contributed by atoms with van der Waals surface area (Å²) in [6, 6.07) is 11.5. The van der Waals surface area contributed by atoms with Gasteiger partial charge in [-0.2, -0.15) is 0 Å². The number of carbonyl (C=O) groups is 1. The fourth-order valence-corrected chi connectivity index (χ4v) is 9.85. The number of amides is 1. The van der Waals surface area contributed by atoms with Gasteiger partial charge in [0.1, 0.15) is 5.75 Å². The molecule has 10 heteroatoms. The van der Waals surface area contributed by atoms with Crippen LogP contribution in [0.2, 0.25) is 5.02 Å². The van der Waals surface area contributed by atoms with Gasteiger partial charge in [0.05, 0.1) is 37.4 Å². The Kier molecular flexibility index (Phi) is 11.6. The maximum atomic E-state index is 13.6. The fraction of sp³-hybridized carbons (Fsp3) is 0.595. The molecule has 0 spiro atoms. The molecule has 3 aliphatic rings. The summed E-state index contributed by atoms with van der Waals surface area (Å²) in [5.74, 6) is 0.467. The van der Waals surface area contributed by atoms with Crippen molar-refractivity contribution in [3.8, 4) is 5.75 Å². The summed E-state index contributed by atoms with van der Waals surface area (Å²) in [6.07, 6.45) is 10.2. The molecule has 1 heterocycles. The predicted molar refractivity (Wildman–Crippen MR) is 188 cm³/mol. The Labute approximate surface area is 286 Å². The monoisotopic (exact) mass is 686 g/mol. The first-order valence-electron chi connectivity index (χ1n) is 17.0. The van der Waals surface area contributed by atoms with E-state index in [1.807, 2.05) is 19.9 Å². The number of carbonyl (C=O) groups excluding carboxylic acids is 1. The average molecular weight is 687 g/mol. The first-order chi connectivity index (χ1) is 22.5. The number of allylic oxidation sites excluding steroid dienone is 1. The van der Waals surface area contributed by atoms with E-state index in [1.165, 1.54) is 11.1 Å². The highest BCUT2D eigenvalue weighted by Crippen LogP contribution is 2.44. The Balaban J connectivity index is 1.59. The normalized spacial score (nSPS) is 30.0. The molecule has 2 aromatic rings. The predicted octanol–water partition coefficient (Wildman–Crippen LogP) is 6.94. The molecule has 1 saturated carbocycles. The standard InChI is InChI=1S/C37H51ClN2O6S/c1-6-35-25(2)9-7-11-33(46-20-19-44-4)30-15-12-28(30)23-40(24-37(3)18-8-10-26-21-29(38)14-16-31(26)37)32-22-27(13-17-34(32)45-5)36(41)39-47(35,42)43/h7,11,13-14,16-17,21-22,25,28,30,33,35H,6,8-10,12,15,18-20,23-24H2,1-5H3,(H,39,41)/b11-7+/t25-,28+,30-,33+,35+,37+/m1/s1. The third-order valence-electron chi connectivity index (χ3n) is 10.7. The maximum Gasteiger partial charge on any atom is 0.264 e. The molecule has 2 aliphatic carbocycles. The van der Waals surface area contributed by atoms with E-state index >= 15 is 0 Å². The van der Waals surface area contributed by atoms with Crippen molar-refractivity contribution in [3.05, 3.63) is 70.3 Å². The lowest BCUT2D eigenvalue weighted by Crippen LogP contribution is -2.48. The molecule has 0 radical (unpaired) electrons. The second-order valence-corrected chi connectivity index (χ2v) is 16.2. The first-order valence-corrected chi connectivity index (χ1v) is 19.0. The summed E-state index contributed by atoms with van der Waals surface area (Å²) in [5, 5.41) is 0.0280. The van der Waals surface area contributed by atoms with Crippen LogP contribution in [0.3, 0.4) is 0 Å². The number of sulfonamides is 1. The lowest BCUT2D eigenvalue weighted by atomic mass is 9.68. The highest BCUT2D eigenvalue weighted by molar-refractivity contribution is 7.90. The molecular weight excluding hydrogens is 636 g/mol. The molecule has 0 unspecified atom stereocenters. The zero-order valence-electron chi connectivity index (χ0n) is 28.5. The molecule has 258 valence electrons. The van der Waals surface area contributed by atoms with Gasteiger partial charge in [-0.05, 0) is 104 Å². The van der Waals surface area contributed by atoms with Gasteiger partial charge in [-0.15, -0.1) is 0 Å². The van der Waals surface area contributed by atoms with Gasteiger partial charge in [-0.25, -0.2) is 13.1 Å². The van der Waals surface area contributed by atoms with Gasteiger partial charge in [-0.1, -0.05) is 50.6 Å². The Morgan fingerprint density at radius 3 is 2.62 bits per heavy atom. The second-order valence-electron chi connectivity index (χ2n) is 13.9. The van der Waals surface area contributed by atoms with Crippen LogP contribution in [-0.4, -0.2) is 66.2 Å². The lowest BCUT2D eigenvalue weighted by molar-refractivity contribution is -0.0310. The minimum atomic E-state index is -3.94. The van der Waals surface area contributed by atoms with E-state index in [9.17, 15) is 13.2 Å². The number of nitrogens with zero attached hydrogens (tertiary/aromatic N) is 1. The van der Waals surface area contributed by atoms with Crippen molar-refractivity contribution in [1.82, 2.24) is 4.72 Å². The van der Waals surface area contributed by atoms with Crippen molar-refractivity contribution >= 4 is 33.2 Å². The number of hydrogen-bond donors (Lipinski definition) is 1. The second kappa shape index (κ2) is 15.3. The number of hydrogen-bond acceptors (Lipinski definition) is 7. The Bertz CT molecular complexity index is 1550. The van der Waals surface area contributed by atoms with E-state index in [2.05, 4.69) is 40.8 Å². The molecule has 8 nitrogen and oxygen atoms in total. The van der Waals surface area contributed by atoms with Crippen LogP contribution in [-0.2, 0) is 31.3 Å². The third kappa shape index (κ3) is 8.01. The highest BCUT2D eigenvalue weighted by Gasteiger charge is 2.41. The smallest absolute Gasteiger partial charge is 0.264 e. The summed E-state index contributed by atoms with van der Waals surface area (Å²) >= 11 is 6.42. The number of methoxy groups -OCH3 is 2. The average Bonchev–Trinajstić information content (AvgIpc) is 3.01. The number of benzene rings is 2. The Morgan fingerprint density at radius 1 is 1.11 bits per heavy atom. The number of anilines is 1. The molecule has 1 N–H and O–H groups in total. The quantitative estimate of drug-likeness (QED) is 0.238. The van der Waals surface area contributed by atoms with Crippen molar-refractivity contribution in [2.75, 3.05) is 45.4 Å².